The van der Waals surface area contributed by atoms with Gasteiger partial charge in [-0.1, -0.05) is 108 Å². The van der Waals surface area contributed by atoms with E-state index in [1.54, 1.807) is 19.2 Å². The molecular formula is C36H41ClN2O4. The normalized spacial score (nSPS) is 12.1. The SMILES string of the molecule is COc1cc(/C=N\NC(=O)CCc2cc(C(C)(C)C)c(O)c(C(C)(C)C)c2)cc(Cl)c1OCc1cccc2ccccc12. The molecule has 4 rings (SSSR count). The van der Waals surface area contributed by atoms with E-state index in [4.69, 9.17) is 21.1 Å². The number of ether oxygens (including phenoxy) is 2. The Morgan fingerprint density at radius 2 is 1.60 bits per heavy atom. The molecule has 7 heteroatoms. The van der Waals surface area contributed by atoms with Crippen molar-refractivity contribution in [2.24, 2.45) is 5.10 Å². The molecule has 4 aromatic carbocycles. The molecule has 0 saturated carbocycles. The second kappa shape index (κ2) is 13.1. The van der Waals surface area contributed by atoms with Gasteiger partial charge in [-0.3, -0.25) is 4.79 Å². The highest BCUT2D eigenvalue weighted by Crippen LogP contribution is 2.40. The van der Waals surface area contributed by atoms with Crippen molar-refractivity contribution in [3.63, 3.8) is 0 Å². The van der Waals surface area contributed by atoms with E-state index in [0.717, 1.165) is 33.0 Å². The number of hydrogen-bond acceptors (Lipinski definition) is 5. The third kappa shape index (κ3) is 7.88. The molecule has 6 nitrogen and oxygen atoms in total. The summed E-state index contributed by atoms with van der Waals surface area (Å²) in [5, 5.41) is 17.7. The summed E-state index contributed by atoms with van der Waals surface area (Å²) < 4.78 is 11.7. The molecule has 0 heterocycles. The number of phenolic OH excluding ortho intramolecular Hbond substituents is 1. The molecule has 2 N–H and O–H groups in total. The maximum Gasteiger partial charge on any atom is 0.240 e. The van der Waals surface area contributed by atoms with Gasteiger partial charge in [0.2, 0.25) is 5.91 Å². The molecule has 0 bridgehead atoms. The molecule has 0 saturated heterocycles. The van der Waals surface area contributed by atoms with Crippen LogP contribution in [0, 0.1) is 0 Å². The first-order valence-corrected chi connectivity index (χ1v) is 14.8. The number of aryl methyl sites for hydroxylation is 1. The standard InChI is InChI=1S/C36H41ClN2O4/c1-35(2,3)28-17-23(18-29(33(28)41)36(4,5)6)15-16-32(40)39-38-21-24-19-30(37)34(31(20-24)42-7)43-22-26-13-10-12-25-11-8-9-14-27(25)26/h8-14,17-21,41H,15-16,22H2,1-7H3,(H,39,40)/b38-21-. The van der Waals surface area contributed by atoms with E-state index in [0.29, 0.717) is 40.9 Å². The lowest BCUT2D eigenvalue weighted by Gasteiger charge is -2.28. The Morgan fingerprint density at radius 1 is 0.953 bits per heavy atom. The minimum atomic E-state index is -0.231. The number of nitrogens with zero attached hydrogens (tertiary/aromatic N) is 1. The van der Waals surface area contributed by atoms with E-state index < -0.39 is 0 Å². The molecule has 0 aliphatic carbocycles. The summed E-state index contributed by atoms with van der Waals surface area (Å²) in [5.74, 6) is 1.03. The number of rotatable bonds is 9. The molecule has 0 radical (unpaired) electrons. The molecule has 0 aromatic heterocycles. The van der Waals surface area contributed by atoms with Gasteiger partial charge >= 0.3 is 0 Å². The van der Waals surface area contributed by atoms with E-state index in [1.807, 2.05) is 36.4 Å². The summed E-state index contributed by atoms with van der Waals surface area (Å²) in [7, 11) is 1.55. The van der Waals surface area contributed by atoms with Crippen molar-refractivity contribution in [1.82, 2.24) is 5.43 Å². The average Bonchev–Trinajstić information content (AvgIpc) is 2.94. The van der Waals surface area contributed by atoms with Crippen molar-refractivity contribution >= 4 is 34.5 Å². The summed E-state index contributed by atoms with van der Waals surface area (Å²) in [6, 6.07) is 21.7. The average molecular weight is 601 g/mol. The number of amides is 1. The summed E-state index contributed by atoms with van der Waals surface area (Å²) in [6.45, 7) is 12.8. The highest BCUT2D eigenvalue weighted by Gasteiger charge is 2.26. The number of hydrogen-bond donors (Lipinski definition) is 2. The van der Waals surface area contributed by atoms with Crippen molar-refractivity contribution < 1.29 is 19.4 Å². The fourth-order valence-corrected chi connectivity index (χ4v) is 5.27. The lowest BCUT2D eigenvalue weighted by Crippen LogP contribution is -2.20. The molecule has 226 valence electrons. The van der Waals surface area contributed by atoms with E-state index in [2.05, 4.69) is 70.3 Å². The first kappa shape index (κ1) is 31.9. The minimum Gasteiger partial charge on any atom is -0.507 e. The van der Waals surface area contributed by atoms with Crippen LogP contribution < -0.4 is 14.9 Å². The predicted octanol–water partition coefficient (Wildman–Crippen LogP) is 8.46. The Morgan fingerprint density at radius 3 is 2.26 bits per heavy atom. The van der Waals surface area contributed by atoms with Crippen LogP contribution in [0.2, 0.25) is 5.02 Å². The van der Waals surface area contributed by atoms with Gasteiger partial charge in [0, 0.05) is 6.42 Å². The van der Waals surface area contributed by atoms with Gasteiger partial charge in [0.05, 0.1) is 18.3 Å². The van der Waals surface area contributed by atoms with Crippen LogP contribution in [0.15, 0.2) is 71.8 Å². The van der Waals surface area contributed by atoms with E-state index in [1.165, 1.54) is 6.21 Å². The maximum atomic E-state index is 12.6. The first-order chi connectivity index (χ1) is 20.3. The summed E-state index contributed by atoms with van der Waals surface area (Å²) in [6.07, 6.45) is 2.30. The van der Waals surface area contributed by atoms with Gasteiger partial charge in [-0.25, -0.2) is 5.43 Å². The maximum absolute atomic E-state index is 12.6. The zero-order chi connectivity index (χ0) is 31.4. The molecule has 43 heavy (non-hydrogen) atoms. The highest BCUT2D eigenvalue weighted by atomic mass is 35.5. The topological polar surface area (TPSA) is 80.2 Å². The van der Waals surface area contributed by atoms with Gasteiger partial charge in [-0.15, -0.1) is 0 Å². The van der Waals surface area contributed by atoms with Crippen LogP contribution in [0.5, 0.6) is 17.2 Å². The van der Waals surface area contributed by atoms with Crippen LogP contribution in [0.1, 0.15) is 75.8 Å². The van der Waals surface area contributed by atoms with Gasteiger partial charge in [0.25, 0.3) is 0 Å². The van der Waals surface area contributed by atoms with Crippen LogP contribution in [-0.2, 0) is 28.7 Å². The van der Waals surface area contributed by atoms with Gasteiger partial charge in [0.1, 0.15) is 12.4 Å². The molecule has 4 aromatic rings. The van der Waals surface area contributed by atoms with Crippen molar-refractivity contribution in [3.05, 3.63) is 99.6 Å². The van der Waals surface area contributed by atoms with Crippen molar-refractivity contribution in [1.29, 1.82) is 0 Å². The molecule has 0 atom stereocenters. The summed E-state index contributed by atoms with van der Waals surface area (Å²) in [4.78, 5) is 12.6. The van der Waals surface area contributed by atoms with Crippen LogP contribution >= 0.6 is 11.6 Å². The number of methoxy groups -OCH3 is 1. The number of carbonyl (C=O) groups excluding carboxylic acids is 1. The zero-order valence-corrected chi connectivity index (χ0v) is 26.8. The Balaban J connectivity index is 1.41. The molecule has 0 aliphatic rings. The van der Waals surface area contributed by atoms with Gasteiger partial charge in [-0.05, 0) is 68.0 Å². The number of benzene rings is 4. The Hall–Kier alpha value is -4.03. The number of fused-ring (bicyclic) bond motifs is 1. The molecule has 0 aliphatic heterocycles. The van der Waals surface area contributed by atoms with E-state index in [9.17, 15) is 9.90 Å². The number of aromatic hydroxyl groups is 1. The van der Waals surface area contributed by atoms with E-state index in [-0.39, 0.29) is 23.2 Å². The molecule has 0 fully saturated rings. The Bertz CT molecular complexity index is 1610. The minimum absolute atomic E-state index is 0.216. The van der Waals surface area contributed by atoms with Crippen LogP contribution in [0.3, 0.4) is 0 Å². The quantitative estimate of drug-likeness (QED) is 0.149. The molecule has 0 spiro atoms. The van der Waals surface area contributed by atoms with E-state index >= 15 is 0 Å². The number of phenols is 1. The lowest BCUT2D eigenvalue weighted by molar-refractivity contribution is -0.121. The zero-order valence-electron chi connectivity index (χ0n) is 26.0. The fourth-order valence-electron chi connectivity index (χ4n) is 5.00. The monoisotopic (exact) mass is 600 g/mol. The predicted molar refractivity (Wildman–Crippen MR) is 176 cm³/mol. The summed E-state index contributed by atoms with van der Waals surface area (Å²) in [5.41, 5.74) is 6.60. The second-order valence-corrected chi connectivity index (χ2v) is 13.2. The van der Waals surface area contributed by atoms with Gasteiger partial charge in [0.15, 0.2) is 11.5 Å². The third-order valence-corrected chi connectivity index (χ3v) is 7.61. The molecule has 0 unspecified atom stereocenters. The van der Waals surface area contributed by atoms with Crippen LogP contribution in [0.4, 0.5) is 0 Å². The largest absolute Gasteiger partial charge is 0.507 e. The van der Waals surface area contributed by atoms with Crippen molar-refractivity contribution in [2.45, 2.75) is 71.8 Å². The Labute approximate surface area is 259 Å². The van der Waals surface area contributed by atoms with Crippen LogP contribution in [-0.4, -0.2) is 24.3 Å². The van der Waals surface area contributed by atoms with Crippen molar-refractivity contribution in [2.75, 3.05) is 7.11 Å². The lowest BCUT2D eigenvalue weighted by atomic mass is 9.78. The number of carbonyl (C=O) groups is 1. The number of nitrogens with one attached hydrogen (secondary N) is 1. The smallest absolute Gasteiger partial charge is 0.240 e. The first-order valence-electron chi connectivity index (χ1n) is 14.4. The molecular weight excluding hydrogens is 560 g/mol. The number of hydrazone groups is 1. The second-order valence-electron chi connectivity index (χ2n) is 12.8. The fraction of sp³-hybridized carbons (Fsp3) is 0.333. The highest BCUT2D eigenvalue weighted by molar-refractivity contribution is 6.32. The van der Waals surface area contributed by atoms with Gasteiger partial charge < -0.3 is 14.6 Å². The molecule has 1 amide bonds. The summed E-state index contributed by atoms with van der Waals surface area (Å²) >= 11 is 6.59. The van der Waals surface area contributed by atoms with Gasteiger partial charge in [-0.2, -0.15) is 5.10 Å². The third-order valence-electron chi connectivity index (χ3n) is 7.33. The Kier molecular flexibility index (Phi) is 9.71. The van der Waals surface area contributed by atoms with Crippen molar-refractivity contribution in [3.8, 4) is 17.2 Å². The number of halogens is 1. The van der Waals surface area contributed by atoms with Crippen LogP contribution in [0.25, 0.3) is 10.8 Å².